The monoisotopic (exact) mass is 568 g/mol. The first-order valence-corrected chi connectivity index (χ1v) is 15.4. The molecule has 42 heavy (non-hydrogen) atoms. The zero-order chi connectivity index (χ0) is 30.8. The van der Waals surface area contributed by atoms with Gasteiger partial charge in [-0.3, -0.25) is 0 Å². The molecule has 224 valence electrons. The molecule has 0 amide bonds. The van der Waals surface area contributed by atoms with E-state index in [0.717, 1.165) is 60.8 Å². The van der Waals surface area contributed by atoms with Crippen LogP contribution in [0.25, 0.3) is 0 Å². The van der Waals surface area contributed by atoms with Gasteiger partial charge in [-0.05, 0) is 72.2 Å². The average molecular weight is 569 g/mol. The molecule has 4 aromatic rings. The van der Waals surface area contributed by atoms with Crippen LogP contribution in [0.3, 0.4) is 0 Å². The van der Waals surface area contributed by atoms with Gasteiger partial charge >= 0.3 is 0 Å². The number of aryl methyl sites for hydroxylation is 4. The summed E-state index contributed by atoms with van der Waals surface area (Å²) in [6.07, 6.45) is 6.03. The highest BCUT2D eigenvalue weighted by atomic mass is 16.3. The van der Waals surface area contributed by atoms with Gasteiger partial charge in [0, 0.05) is 34.1 Å². The van der Waals surface area contributed by atoms with Crippen LogP contribution in [0.2, 0.25) is 0 Å². The zero-order valence-corrected chi connectivity index (χ0v) is 26.1. The Kier molecular flexibility index (Phi) is 11.9. The molecule has 0 aliphatic rings. The fourth-order valence-corrected chi connectivity index (χ4v) is 5.47. The van der Waals surface area contributed by atoms with Crippen molar-refractivity contribution in [2.45, 2.75) is 91.9 Å². The lowest BCUT2D eigenvalue weighted by molar-refractivity contribution is 0.455. The number of aromatic hydroxyl groups is 4. The first-order chi connectivity index (χ1) is 20.1. The summed E-state index contributed by atoms with van der Waals surface area (Å²) in [6.45, 7) is 12.5. The molecule has 0 atom stereocenters. The molecule has 4 aromatic carbocycles. The van der Waals surface area contributed by atoms with Crippen molar-refractivity contribution in [2.75, 3.05) is 0 Å². The molecule has 0 aromatic heterocycles. The summed E-state index contributed by atoms with van der Waals surface area (Å²) >= 11 is 0. The van der Waals surface area contributed by atoms with Crippen molar-refractivity contribution in [2.24, 2.45) is 0 Å². The summed E-state index contributed by atoms with van der Waals surface area (Å²) in [4.78, 5) is 0. The number of hydrogen-bond acceptors (Lipinski definition) is 4. The summed E-state index contributed by atoms with van der Waals surface area (Å²) in [7, 11) is 0. The van der Waals surface area contributed by atoms with Gasteiger partial charge in [0.25, 0.3) is 0 Å². The average Bonchev–Trinajstić information content (AvgIpc) is 2.99. The molecule has 0 bridgehead atoms. The molecule has 0 saturated carbocycles. The van der Waals surface area contributed by atoms with Crippen LogP contribution in [0.5, 0.6) is 23.0 Å². The van der Waals surface area contributed by atoms with E-state index < -0.39 is 0 Å². The van der Waals surface area contributed by atoms with Gasteiger partial charge in [-0.15, -0.1) is 0 Å². The van der Waals surface area contributed by atoms with Crippen LogP contribution < -0.4 is 0 Å². The van der Waals surface area contributed by atoms with Crippen molar-refractivity contribution in [3.05, 3.63) is 117 Å². The molecule has 0 fully saturated rings. The molecule has 4 N–H and O–H groups in total. The van der Waals surface area contributed by atoms with Gasteiger partial charge in [-0.2, -0.15) is 0 Å². The Balaban J connectivity index is 0.000000231. The van der Waals surface area contributed by atoms with E-state index in [-0.39, 0.29) is 23.3 Å². The second-order valence-electron chi connectivity index (χ2n) is 11.2. The highest BCUT2D eigenvalue weighted by molar-refractivity contribution is 5.49. The highest BCUT2D eigenvalue weighted by Gasteiger charge is 2.18. The minimum Gasteiger partial charge on any atom is -0.508 e. The smallest absolute Gasteiger partial charge is 0.119 e. The van der Waals surface area contributed by atoms with E-state index >= 15 is 0 Å². The molecule has 0 unspecified atom stereocenters. The molecule has 0 heterocycles. The number of rotatable bonds is 10. The van der Waals surface area contributed by atoms with Gasteiger partial charge in [-0.1, -0.05) is 103 Å². The minimum atomic E-state index is -0.0343. The fraction of sp³-hybridized carbons (Fsp3) is 0.368. The fourth-order valence-electron chi connectivity index (χ4n) is 5.47. The topological polar surface area (TPSA) is 80.9 Å². The molecule has 0 spiro atoms. The maximum absolute atomic E-state index is 10.2. The summed E-state index contributed by atoms with van der Waals surface area (Å²) in [5.41, 5.74) is 8.34. The third-order valence-electron chi connectivity index (χ3n) is 8.13. The lowest BCUT2D eigenvalue weighted by Crippen LogP contribution is -2.00. The molecule has 0 radical (unpaired) electrons. The number of benzene rings is 4. The Morgan fingerprint density at radius 2 is 0.690 bits per heavy atom. The standard InChI is InChI=1S/C20H26O2.C18H22O2/c1-4-6-15-8-10-19(21)17(12-15)14(3)18-13-16(7-5-2)9-11-20(18)22;1-4-13-6-8-17(19)15(10-13)12(3)16-11-14(5-2)7-9-18(16)20/h8-14,21-22H,4-7H2,1-3H3;6-12,19-20H,4-5H2,1-3H3. The van der Waals surface area contributed by atoms with Crippen molar-refractivity contribution < 1.29 is 20.4 Å². The van der Waals surface area contributed by atoms with E-state index in [0.29, 0.717) is 11.5 Å². The van der Waals surface area contributed by atoms with Crippen molar-refractivity contribution in [3.63, 3.8) is 0 Å². The largest absolute Gasteiger partial charge is 0.508 e. The van der Waals surface area contributed by atoms with Crippen LogP contribution in [-0.4, -0.2) is 20.4 Å². The molecular weight excluding hydrogens is 520 g/mol. The molecule has 0 aliphatic heterocycles. The van der Waals surface area contributed by atoms with Gasteiger partial charge in [-0.25, -0.2) is 0 Å². The molecule has 0 aliphatic carbocycles. The van der Waals surface area contributed by atoms with E-state index in [1.165, 1.54) is 22.3 Å². The first-order valence-electron chi connectivity index (χ1n) is 15.4. The van der Waals surface area contributed by atoms with Crippen molar-refractivity contribution in [1.29, 1.82) is 0 Å². The normalized spacial score (nSPS) is 11.0. The Labute approximate surface area is 252 Å². The van der Waals surface area contributed by atoms with E-state index in [1.807, 2.05) is 50.2 Å². The Morgan fingerprint density at radius 3 is 0.952 bits per heavy atom. The lowest BCUT2D eigenvalue weighted by Gasteiger charge is -2.18. The Hall–Kier alpha value is -3.92. The van der Waals surface area contributed by atoms with E-state index in [1.54, 1.807) is 24.3 Å². The summed E-state index contributed by atoms with van der Waals surface area (Å²) in [5, 5.41) is 40.6. The summed E-state index contributed by atoms with van der Waals surface area (Å²) in [6, 6.07) is 23.0. The van der Waals surface area contributed by atoms with Crippen LogP contribution in [0.4, 0.5) is 0 Å². The van der Waals surface area contributed by atoms with Crippen LogP contribution in [0.1, 0.15) is 111 Å². The quantitative estimate of drug-likeness (QED) is 0.154. The van der Waals surface area contributed by atoms with Crippen molar-refractivity contribution >= 4 is 0 Å². The second kappa shape index (κ2) is 15.3. The van der Waals surface area contributed by atoms with Crippen molar-refractivity contribution in [1.82, 2.24) is 0 Å². The van der Waals surface area contributed by atoms with Crippen molar-refractivity contribution in [3.8, 4) is 23.0 Å². The van der Waals surface area contributed by atoms with E-state index in [9.17, 15) is 20.4 Å². The third-order valence-corrected chi connectivity index (χ3v) is 8.13. The summed E-state index contributed by atoms with van der Waals surface area (Å²) in [5.74, 6) is 1.11. The zero-order valence-electron chi connectivity index (χ0n) is 26.1. The van der Waals surface area contributed by atoms with Gasteiger partial charge in [0.05, 0.1) is 0 Å². The maximum Gasteiger partial charge on any atom is 0.119 e. The minimum absolute atomic E-state index is 0.0337. The second-order valence-corrected chi connectivity index (χ2v) is 11.2. The third kappa shape index (κ3) is 8.09. The molecule has 4 rings (SSSR count). The first kappa shape index (κ1) is 32.6. The van der Waals surface area contributed by atoms with Crippen LogP contribution in [0.15, 0.2) is 72.8 Å². The van der Waals surface area contributed by atoms with Gasteiger partial charge < -0.3 is 20.4 Å². The lowest BCUT2D eigenvalue weighted by atomic mass is 9.88. The van der Waals surface area contributed by atoms with E-state index in [2.05, 4.69) is 39.8 Å². The maximum atomic E-state index is 10.2. The summed E-state index contributed by atoms with van der Waals surface area (Å²) < 4.78 is 0. The molecule has 4 heteroatoms. The molecule has 4 nitrogen and oxygen atoms in total. The SMILES string of the molecule is CCCc1ccc(O)c(C(C)c2cc(CCC)ccc2O)c1.CCc1ccc(O)c(C(C)c2cc(CC)ccc2O)c1. The predicted octanol–water partition coefficient (Wildman–Crippen LogP) is 9.53. The number of phenolic OH excluding ortho intramolecular Hbond substituents is 4. The predicted molar refractivity (Wildman–Crippen MR) is 174 cm³/mol. The Bertz CT molecular complexity index is 1350. The van der Waals surface area contributed by atoms with Gasteiger partial charge in [0.2, 0.25) is 0 Å². The van der Waals surface area contributed by atoms with Crippen LogP contribution >= 0.6 is 0 Å². The van der Waals surface area contributed by atoms with Gasteiger partial charge in [0.15, 0.2) is 0 Å². The highest BCUT2D eigenvalue weighted by Crippen LogP contribution is 2.38. The number of hydrogen-bond donors (Lipinski definition) is 4. The number of phenols is 4. The van der Waals surface area contributed by atoms with Gasteiger partial charge in [0.1, 0.15) is 23.0 Å². The molecule has 0 saturated heterocycles. The van der Waals surface area contributed by atoms with Crippen LogP contribution in [-0.2, 0) is 25.7 Å². The van der Waals surface area contributed by atoms with E-state index in [4.69, 9.17) is 0 Å². The Morgan fingerprint density at radius 1 is 0.429 bits per heavy atom. The van der Waals surface area contributed by atoms with Crippen LogP contribution in [0, 0.1) is 0 Å². The molecular formula is C38H48O4.